The van der Waals surface area contributed by atoms with Crippen LogP contribution in [-0.2, 0) is 22.4 Å². The van der Waals surface area contributed by atoms with Gasteiger partial charge in [0.15, 0.2) is 0 Å². The van der Waals surface area contributed by atoms with E-state index in [0.29, 0.717) is 37.3 Å². The Morgan fingerprint density at radius 1 is 1.23 bits per heavy atom. The van der Waals surface area contributed by atoms with Crippen LogP contribution in [0.25, 0.3) is 0 Å². The van der Waals surface area contributed by atoms with Crippen LogP contribution in [0.15, 0.2) is 48.5 Å². The highest BCUT2D eigenvalue weighted by molar-refractivity contribution is 6.30. The molecule has 2 aliphatic rings. The molecular formula is C24H27ClN2O3. The number of nitrogens with one attached hydrogen (secondary N) is 1. The number of benzene rings is 2. The Morgan fingerprint density at radius 3 is 2.70 bits per heavy atom. The molecule has 30 heavy (non-hydrogen) atoms. The Hall–Kier alpha value is -2.53. The van der Waals surface area contributed by atoms with Crippen molar-refractivity contribution in [3.8, 4) is 5.75 Å². The first-order valence-electron chi connectivity index (χ1n) is 10.5. The Morgan fingerprint density at radius 2 is 2.00 bits per heavy atom. The third-order valence-corrected chi connectivity index (χ3v) is 6.38. The maximum atomic E-state index is 12.8. The van der Waals surface area contributed by atoms with Crippen molar-refractivity contribution in [2.24, 2.45) is 0 Å². The van der Waals surface area contributed by atoms with Crippen molar-refractivity contribution in [2.75, 3.05) is 13.6 Å². The molecule has 0 aliphatic carbocycles. The number of hydrogen-bond acceptors (Lipinski definition) is 3. The molecule has 0 bridgehead atoms. The SMILES string of the molecule is CN(C[C@@H]1Cc2ccccc2O1)C(=O)CC[C@]1(Cc2ccc(Cl)cc2)CCC(=O)N1. The van der Waals surface area contributed by atoms with Crippen LogP contribution >= 0.6 is 11.6 Å². The number of likely N-dealkylation sites (N-methyl/N-ethyl adjacent to an activating group) is 1. The fraction of sp³-hybridized carbons (Fsp3) is 0.417. The van der Waals surface area contributed by atoms with Crippen molar-refractivity contribution in [1.82, 2.24) is 10.2 Å². The molecule has 2 aromatic rings. The summed E-state index contributed by atoms with van der Waals surface area (Å²) in [5.41, 5.74) is 1.93. The highest BCUT2D eigenvalue weighted by Crippen LogP contribution is 2.31. The van der Waals surface area contributed by atoms with Crippen LogP contribution < -0.4 is 10.1 Å². The number of carbonyl (C=O) groups excluding carboxylic acids is 2. The van der Waals surface area contributed by atoms with E-state index in [9.17, 15) is 9.59 Å². The predicted octanol–water partition coefficient (Wildman–Crippen LogP) is 3.77. The van der Waals surface area contributed by atoms with E-state index in [1.165, 1.54) is 5.56 Å². The summed E-state index contributed by atoms with van der Waals surface area (Å²) in [5, 5.41) is 3.83. The van der Waals surface area contributed by atoms with E-state index in [-0.39, 0.29) is 23.5 Å². The molecule has 1 fully saturated rings. The van der Waals surface area contributed by atoms with Gasteiger partial charge in [-0.1, -0.05) is 41.9 Å². The van der Waals surface area contributed by atoms with Crippen LogP contribution in [0.5, 0.6) is 5.75 Å². The smallest absolute Gasteiger partial charge is 0.222 e. The lowest BCUT2D eigenvalue weighted by molar-refractivity contribution is -0.131. The quantitative estimate of drug-likeness (QED) is 0.733. The second-order valence-corrected chi connectivity index (χ2v) is 8.89. The molecule has 0 radical (unpaired) electrons. The Kier molecular flexibility index (Phi) is 6.00. The average Bonchev–Trinajstić information content (AvgIpc) is 3.31. The lowest BCUT2D eigenvalue weighted by atomic mass is 9.85. The standard InChI is InChI=1S/C24H27ClN2O3/c1-27(16-20-14-18-4-2-3-5-21(18)30-20)23(29)11-13-24(12-10-22(28)26-24)15-17-6-8-19(25)9-7-17/h2-9,20H,10-16H2,1H3,(H,26,28)/t20-,24-/m0/s1. The van der Waals surface area contributed by atoms with Crippen molar-refractivity contribution in [2.45, 2.75) is 50.2 Å². The second-order valence-electron chi connectivity index (χ2n) is 8.46. The van der Waals surface area contributed by atoms with Crippen molar-refractivity contribution in [3.05, 3.63) is 64.7 Å². The van der Waals surface area contributed by atoms with Gasteiger partial charge in [-0.05, 0) is 48.6 Å². The van der Waals surface area contributed by atoms with Gasteiger partial charge in [0.25, 0.3) is 0 Å². The van der Waals surface area contributed by atoms with E-state index < -0.39 is 0 Å². The van der Waals surface area contributed by atoms with E-state index in [4.69, 9.17) is 16.3 Å². The summed E-state index contributed by atoms with van der Waals surface area (Å²) in [5.74, 6) is 1.05. The maximum absolute atomic E-state index is 12.8. The van der Waals surface area contributed by atoms with Crippen molar-refractivity contribution >= 4 is 23.4 Å². The number of halogens is 1. The number of ether oxygens (including phenoxy) is 1. The summed E-state index contributed by atoms with van der Waals surface area (Å²) in [6, 6.07) is 15.7. The third-order valence-electron chi connectivity index (χ3n) is 6.13. The highest BCUT2D eigenvalue weighted by atomic mass is 35.5. The van der Waals surface area contributed by atoms with Gasteiger partial charge in [-0.3, -0.25) is 9.59 Å². The second kappa shape index (κ2) is 8.68. The molecule has 6 heteroatoms. The zero-order valence-electron chi connectivity index (χ0n) is 17.2. The van der Waals surface area contributed by atoms with E-state index in [2.05, 4.69) is 11.4 Å². The predicted molar refractivity (Wildman–Crippen MR) is 117 cm³/mol. The van der Waals surface area contributed by atoms with Gasteiger partial charge in [0, 0.05) is 36.9 Å². The minimum atomic E-state index is -0.374. The van der Waals surface area contributed by atoms with Gasteiger partial charge in [0.1, 0.15) is 11.9 Å². The molecule has 1 saturated heterocycles. The molecule has 2 aromatic carbocycles. The topological polar surface area (TPSA) is 58.6 Å². The van der Waals surface area contributed by atoms with Crippen LogP contribution in [0.3, 0.4) is 0 Å². The normalized spacial score (nSPS) is 22.3. The van der Waals surface area contributed by atoms with Crippen LogP contribution in [-0.4, -0.2) is 41.9 Å². The van der Waals surface area contributed by atoms with E-state index in [0.717, 1.165) is 24.2 Å². The Bertz CT molecular complexity index is 905. The van der Waals surface area contributed by atoms with Crippen molar-refractivity contribution < 1.29 is 14.3 Å². The molecule has 5 nitrogen and oxygen atoms in total. The molecule has 4 rings (SSSR count). The fourth-order valence-corrected chi connectivity index (χ4v) is 4.60. The number of hydrogen-bond donors (Lipinski definition) is 1. The molecule has 0 aromatic heterocycles. The monoisotopic (exact) mass is 426 g/mol. The van der Waals surface area contributed by atoms with Crippen LogP contribution in [0.4, 0.5) is 0 Å². The molecule has 0 spiro atoms. The lowest BCUT2D eigenvalue weighted by Gasteiger charge is -2.30. The summed E-state index contributed by atoms with van der Waals surface area (Å²) >= 11 is 5.99. The first-order chi connectivity index (χ1) is 14.4. The molecule has 0 saturated carbocycles. The van der Waals surface area contributed by atoms with E-state index >= 15 is 0 Å². The average molecular weight is 427 g/mol. The fourth-order valence-electron chi connectivity index (χ4n) is 4.48. The Balaban J connectivity index is 1.33. The van der Waals surface area contributed by atoms with Crippen molar-refractivity contribution in [1.29, 1.82) is 0 Å². The minimum Gasteiger partial charge on any atom is -0.488 e. The van der Waals surface area contributed by atoms with Gasteiger partial charge < -0.3 is 15.0 Å². The number of fused-ring (bicyclic) bond motifs is 1. The molecule has 2 atom stereocenters. The summed E-state index contributed by atoms with van der Waals surface area (Å²) < 4.78 is 5.97. The van der Waals surface area contributed by atoms with Crippen molar-refractivity contribution in [3.63, 3.8) is 0 Å². The number of para-hydroxylation sites is 1. The van der Waals surface area contributed by atoms with Crippen LogP contribution in [0.1, 0.15) is 36.8 Å². The van der Waals surface area contributed by atoms with Gasteiger partial charge in [-0.15, -0.1) is 0 Å². The van der Waals surface area contributed by atoms with Gasteiger partial charge >= 0.3 is 0 Å². The number of amides is 2. The lowest BCUT2D eigenvalue weighted by Crippen LogP contribution is -2.45. The van der Waals surface area contributed by atoms with Gasteiger partial charge in [-0.25, -0.2) is 0 Å². The summed E-state index contributed by atoms with van der Waals surface area (Å²) in [6.45, 7) is 0.560. The number of nitrogens with zero attached hydrogens (tertiary/aromatic N) is 1. The molecule has 0 unspecified atom stereocenters. The first kappa shape index (κ1) is 20.7. The summed E-state index contributed by atoms with van der Waals surface area (Å²) in [4.78, 5) is 26.6. The van der Waals surface area contributed by atoms with E-state index in [1.807, 2.05) is 49.5 Å². The zero-order valence-corrected chi connectivity index (χ0v) is 18.0. The van der Waals surface area contributed by atoms with Gasteiger partial charge in [-0.2, -0.15) is 0 Å². The molecule has 2 heterocycles. The number of rotatable bonds is 7. The highest BCUT2D eigenvalue weighted by Gasteiger charge is 2.38. The largest absolute Gasteiger partial charge is 0.488 e. The minimum absolute atomic E-state index is 0.00874. The summed E-state index contributed by atoms with van der Waals surface area (Å²) in [7, 11) is 1.83. The first-order valence-corrected chi connectivity index (χ1v) is 10.8. The van der Waals surface area contributed by atoms with E-state index in [1.54, 1.807) is 4.90 Å². The zero-order chi connectivity index (χ0) is 21.1. The molecule has 2 amide bonds. The molecular weight excluding hydrogens is 400 g/mol. The Labute approximate surface area is 182 Å². The van der Waals surface area contributed by atoms with Crippen LogP contribution in [0, 0.1) is 0 Å². The molecule has 158 valence electrons. The maximum Gasteiger partial charge on any atom is 0.222 e. The van der Waals surface area contributed by atoms with Crippen LogP contribution in [0.2, 0.25) is 5.02 Å². The van der Waals surface area contributed by atoms with Gasteiger partial charge in [0.05, 0.1) is 6.54 Å². The molecule has 2 aliphatic heterocycles. The number of carbonyl (C=O) groups is 2. The third kappa shape index (κ3) is 4.78. The van der Waals surface area contributed by atoms with Gasteiger partial charge in [0.2, 0.25) is 11.8 Å². The summed E-state index contributed by atoms with van der Waals surface area (Å²) in [6.07, 6.45) is 3.78. The molecule has 1 N–H and O–H groups in total.